The molecule has 1 N–H and O–H groups in total. The summed E-state index contributed by atoms with van der Waals surface area (Å²) >= 11 is 0. The summed E-state index contributed by atoms with van der Waals surface area (Å²) in [6.07, 6.45) is 0. The van der Waals surface area contributed by atoms with E-state index in [-0.39, 0.29) is 5.91 Å². The summed E-state index contributed by atoms with van der Waals surface area (Å²) in [5, 5.41) is 5.91. The Labute approximate surface area is 157 Å². The van der Waals surface area contributed by atoms with E-state index in [1.807, 2.05) is 42.5 Å². The molecule has 1 amide bonds. The Hall–Kier alpha value is -3.21. The van der Waals surface area contributed by atoms with Crippen LogP contribution in [0.15, 0.2) is 52.9 Å². The lowest BCUT2D eigenvalue weighted by atomic mass is 10.1. The maximum absolute atomic E-state index is 11.6. The molecule has 0 atom stereocenters. The molecule has 5 nitrogen and oxygen atoms in total. The van der Waals surface area contributed by atoms with Crippen LogP contribution in [-0.2, 0) is 4.79 Å². The second kappa shape index (κ2) is 6.83. The lowest BCUT2D eigenvalue weighted by molar-refractivity contribution is -0.114. The minimum absolute atomic E-state index is 0.114. The fourth-order valence-electron chi connectivity index (χ4n) is 3.52. The molecule has 0 fully saturated rings. The number of amides is 1. The third-order valence-electron chi connectivity index (χ3n) is 4.82. The first-order chi connectivity index (χ1) is 13.1. The number of nitrogens with one attached hydrogen (secondary N) is 1. The zero-order valence-electron chi connectivity index (χ0n) is 15.7. The van der Waals surface area contributed by atoms with Gasteiger partial charge in [0.1, 0.15) is 24.3 Å². The van der Waals surface area contributed by atoms with Gasteiger partial charge in [0.05, 0.1) is 11.8 Å². The van der Waals surface area contributed by atoms with Crippen molar-refractivity contribution in [3.05, 3.63) is 53.9 Å². The van der Waals surface area contributed by atoms with Crippen molar-refractivity contribution < 1.29 is 9.21 Å². The smallest absolute Gasteiger partial charge is 0.221 e. The summed E-state index contributed by atoms with van der Waals surface area (Å²) in [7, 11) is 0. The number of anilines is 1. The van der Waals surface area contributed by atoms with Crippen molar-refractivity contribution in [1.29, 1.82) is 0 Å². The lowest BCUT2D eigenvalue weighted by Gasteiger charge is -2.12. The first-order valence-electron chi connectivity index (χ1n) is 9.22. The number of benzene rings is 3. The van der Waals surface area contributed by atoms with Crippen molar-refractivity contribution in [3.8, 4) is 11.5 Å². The molecule has 27 heavy (non-hydrogen) atoms. The summed E-state index contributed by atoms with van der Waals surface area (Å²) in [5.41, 5.74) is 3.00. The summed E-state index contributed by atoms with van der Waals surface area (Å²) in [6.45, 7) is 7.64. The van der Waals surface area contributed by atoms with Crippen LogP contribution in [0.5, 0.6) is 0 Å². The second-order valence-electron chi connectivity index (χ2n) is 6.54. The maximum atomic E-state index is 11.6. The van der Waals surface area contributed by atoms with Gasteiger partial charge in [-0.15, -0.1) is 0 Å². The van der Waals surface area contributed by atoms with E-state index in [9.17, 15) is 4.79 Å². The molecule has 0 bridgehead atoms. The van der Waals surface area contributed by atoms with Gasteiger partial charge in [0.2, 0.25) is 11.3 Å². The highest BCUT2D eigenvalue weighted by Crippen LogP contribution is 2.33. The molecule has 4 rings (SSSR count). The van der Waals surface area contributed by atoms with Gasteiger partial charge in [0.25, 0.3) is 0 Å². The Kier molecular flexibility index (Phi) is 4.36. The average molecular weight is 360 g/mol. The van der Waals surface area contributed by atoms with Crippen LogP contribution >= 0.6 is 0 Å². The second-order valence-corrected chi connectivity index (χ2v) is 6.54. The Morgan fingerprint density at radius 2 is 1.81 bits per heavy atom. The number of hydrogen-bond acceptors (Lipinski definition) is 3. The van der Waals surface area contributed by atoms with Crippen LogP contribution in [-0.4, -0.2) is 24.0 Å². The topological polar surface area (TPSA) is 58.1 Å². The number of fused-ring (bicyclic) bond motifs is 4. The quantitative estimate of drug-likeness (QED) is 0.343. The van der Waals surface area contributed by atoms with E-state index in [1.54, 1.807) is 0 Å². The molecule has 0 spiro atoms. The van der Waals surface area contributed by atoms with E-state index in [0.717, 1.165) is 51.9 Å². The summed E-state index contributed by atoms with van der Waals surface area (Å²) in [4.78, 5) is 16.5. The molecule has 0 saturated heterocycles. The standard InChI is InChI=1S/C22H21N3O2/c1-4-25(5-2)15-10-11-18-20(12-15)27-21-13-19(23-14(3)26)16-8-6-7-9-17(16)22(21)24-18/h6-13H,4-5H2,1-3H3/p+1. The van der Waals surface area contributed by atoms with Crippen molar-refractivity contribution in [2.45, 2.75) is 20.8 Å². The van der Waals surface area contributed by atoms with Gasteiger partial charge in [-0.3, -0.25) is 4.79 Å². The van der Waals surface area contributed by atoms with Crippen LogP contribution < -0.4 is 15.2 Å². The molecule has 0 saturated carbocycles. The van der Waals surface area contributed by atoms with Gasteiger partial charge in [-0.25, -0.2) is 9.56 Å². The molecule has 5 heteroatoms. The normalized spacial score (nSPS) is 11.2. The van der Waals surface area contributed by atoms with E-state index in [1.165, 1.54) is 6.92 Å². The zero-order chi connectivity index (χ0) is 19.0. The first kappa shape index (κ1) is 17.2. The molecule has 136 valence electrons. The van der Waals surface area contributed by atoms with E-state index in [2.05, 4.69) is 29.8 Å². The number of carbonyl (C=O) groups excluding carboxylic acids is 1. The molecular formula is C22H22N3O2+. The van der Waals surface area contributed by atoms with Gasteiger partial charge in [-0.05, 0) is 19.9 Å². The van der Waals surface area contributed by atoms with Crippen molar-refractivity contribution in [3.63, 3.8) is 0 Å². The van der Waals surface area contributed by atoms with Crippen molar-refractivity contribution in [2.75, 3.05) is 18.4 Å². The molecule has 0 unspecified atom stereocenters. The van der Waals surface area contributed by atoms with Crippen LogP contribution in [0.4, 0.5) is 5.69 Å². The van der Waals surface area contributed by atoms with E-state index in [0.29, 0.717) is 5.58 Å². The largest absolute Gasteiger partial charge is 0.452 e. The third kappa shape index (κ3) is 3.05. The SMILES string of the molecule is CC[N+](CC)=c1ccc2nc3c(cc(NC(C)=O)c4ccccc43)oc-2c1. The fourth-order valence-corrected chi connectivity index (χ4v) is 3.52. The molecule has 1 aliphatic carbocycles. The number of hydrogen-bond donors (Lipinski definition) is 1. The molecule has 1 heterocycles. The molecular weight excluding hydrogens is 338 g/mol. The minimum Gasteiger partial charge on any atom is -0.452 e. The first-order valence-corrected chi connectivity index (χ1v) is 9.22. The molecule has 2 aliphatic rings. The lowest BCUT2D eigenvalue weighted by Crippen LogP contribution is -2.29. The van der Waals surface area contributed by atoms with Crippen LogP contribution in [0.1, 0.15) is 20.8 Å². The van der Waals surface area contributed by atoms with Crippen LogP contribution in [0.3, 0.4) is 0 Å². The van der Waals surface area contributed by atoms with E-state index >= 15 is 0 Å². The monoisotopic (exact) mass is 360 g/mol. The molecule has 0 radical (unpaired) electrons. The van der Waals surface area contributed by atoms with E-state index in [4.69, 9.17) is 9.40 Å². The van der Waals surface area contributed by atoms with Gasteiger partial charge in [-0.1, -0.05) is 24.3 Å². The number of carbonyl (C=O) groups is 1. The molecule has 1 aliphatic heterocycles. The van der Waals surface area contributed by atoms with Gasteiger partial charge < -0.3 is 9.73 Å². The van der Waals surface area contributed by atoms with Gasteiger partial charge in [0.15, 0.2) is 11.3 Å². The Balaban J connectivity index is 2.07. The van der Waals surface area contributed by atoms with Crippen LogP contribution in [0.25, 0.3) is 33.3 Å². The Bertz CT molecular complexity index is 1200. The third-order valence-corrected chi connectivity index (χ3v) is 4.82. The average Bonchev–Trinajstić information content (AvgIpc) is 2.67. The highest BCUT2D eigenvalue weighted by molar-refractivity contribution is 6.12. The highest BCUT2D eigenvalue weighted by atomic mass is 16.3. The number of rotatable bonds is 3. The predicted molar refractivity (Wildman–Crippen MR) is 109 cm³/mol. The summed E-state index contributed by atoms with van der Waals surface area (Å²) in [5.74, 6) is 0.619. The maximum Gasteiger partial charge on any atom is 0.221 e. The fraction of sp³-hybridized carbons (Fsp3) is 0.227. The van der Waals surface area contributed by atoms with Gasteiger partial charge >= 0.3 is 0 Å². The van der Waals surface area contributed by atoms with Crippen molar-refractivity contribution in [1.82, 2.24) is 9.56 Å². The van der Waals surface area contributed by atoms with Crippen LogP contribution in [0.2, 0.25) is 0 Å². The van der Waals surface area contributed by atoms with E-state index < -0.39 is 0 Å². The van der Waals surface area contributed by atoms with Crippen molar-refractivity contribution in [2.24, 2.45) is 0 Å². The van der Waals surface area contributed by atoms with Gasteiger partial charge in [0, 0.05) is 29.8 Å². The molecule has 0 aromatic heterocycles. The predicted octanol–water partition coefficient (Wildman–Crippen LogP) is 3.86. The van der Waals surface area contributed by atoms with Crippen LogP contribution in [0, 0.1) is 0 Å². The molecule has 2 aromatic rings. The minimum atomic E-state index is -0.114. The highest BCUT2D eigenvalue weighted by Gasteiger charge is 2.15. The summed E-state index contributed by atoms with van der Waals surface area (Å²) in [6, 6.07) is 15.9. The Morgan fingerprint density at radius 3 is 2.52 bits per heavy atom. The summed E-state index contributed by atoms with van der Waals surface area (Å²) < 4.78 is 8.48. The van der Waals surface area contributed by atoms with Gasteiger partial charge in [-0.2, -0.15) is 0 Å². The number of aromatic nitrogens is 1. The zero-order valence-corrected chi connectivity index (χ0v) is 15.7. The van der Waals surface area contributed by atoms with Crippen molar-refractivity contribution >= 4 is 33.5 Å². The molecule has 2 aromatic carbocycles. The number of nitrogens with zero attached hydrogens (tertiary/aromatic N) is 2. The Morgan fingerprint density at radius 1 is 1.07 bits per heavy atom.